The van der Waals surface area contributed by atoms with Gasteiger partial charge in [0, 0.05) is 17.0 Å². The zero-order chi connectivity index (χ0) is 20.3. The summed E-state index contributed by atoms with van der Waals surface area (Å²) in [5.41, 5.74) is 4.03. The van der Waals surface area contributed by atoms with Gasteiger partial charge in [0.05, 0.1) is 30.6 Å². The SMILES string of the molecule is CCCN(c1nc(-c2ccc(OC)cc2Cl)c(C)s1)c1cc(C)ccc1OC. The molecule has 0 fully saturated rings. The van der Waals surface area contributed by atoms with Gasteiger partial charge in [0.1, 0.15) is 11.5 Å². The normalized spacial score (nSPS) is 10.8. The van der Waals surface area contributed by atoms with Crippen molar-refractivity contribution in [2.45, 2.75) is 27.2 Å². The van der Waals surface area contributed by atoms with Gasteiger partial charge in [0.2, 0.25) is 0 Å². The molecule has 0 saturated heterocycles. The number of anilines is 2. The number of thiazole rings is 1. The standard InChI is InChI=1S/C22H25ClN2O2S/c1-6-11-25(19-12-14(2)7-10-20(19)27-5)22-24-21(15(3)28-22)17-9-8-16(26-4)13-18(17)23/h7-10,12-13H,6,11H2,1-5H3. The second-order valence-electron chi connectivity index (χ2n) is 6.57. The first-order valence-electron chi connectivity index (χ1n) is 9.22. The molecule has 28 heavy (non-hydrogen) atoms. The number of rotatable bonds is 7. The Hall–Kier alpha value is -2.24. The highest BCUT2D eigenvalue weighted by molar-refractivity contribution is 7.16. The summed E-state index contributed by atoms with van der Waals surface area (Å²) in [6.45, 7) is 7.18. The number of methoxy groups -OCH3 is 2. The molecular weight excluding hydrogens is 392 g/mol. The van der Waals surface area contributed by atoms with Crippen LogP contribution in [0.3, 0.4) is 0 Å². The van der Waals surface area contributed by atoms with Gasteiger partial charge >= 0.3 is 0 Å². The largest absolute Gasteiger partial charge is 0.497 e. The minimum Gasteiger partial charge on any atom is -0.497 e. The number of hydrogen-bond acceptors (Lipinski definition) is 5. The summed E-state index contributed by atoms with van der Waals surface area (Å²) in [4.78, 5) is 8.31. The van der Waals surface area contributed by atoms with E-state index in [1.54, 1.807) is 25.6 Å². The average Bonchev–Trinajstić information content (AvgIpc) is 3.07. The predicted molar refractivity (Wildman–Crippen MR) is 119 cm³/mol. The first-order chi connectivity index (χ1) is 13.5. The Labute approximate surface area is 175 Å². The van der Waals surface area contributed by atoms with Crippen LogP contribution in [-0.4, -0.2) is 25.7 Å². The summed E-state index contributed by atoms with van der Waals surface area (Å²) < 4.78 is 10.9. The first-order valence-corrected chi connectivity index (χ1v) is 10.4. The maximum Gasteiger partial charge on any atom is 0.190 e. The van der Waals surface area contributed by atoms with Crippen molar-refractivity contribution in [3.05, 3.63) is 51.9 Å². The van der Waals surface area contributed by atoms with Gasteiger partial charge in [-0.25, -0.2) is 4.98 Å². The van der Waals surface area contributed by atoms with Crippen LogP contribution in [-0.2, 0) is 0 Å². The van der Waals surface area contributed by atoms with Gasteiger partial charge in [0.25, 0.3) is 0 Å². The summed E-state index contributed by atoms with van der Waals surface area (Å²) >= 11 is 8.17. The van der Waals surface area contributed by atoms with E-state index in [9.17, 15) is 0 Å². The molecule has 3 aromatic rings. The third-order valence-electron chi connectivity index (χ3n) is 4.52. The summed E-state index contributed by atoms with van der Waals surface area (Å²) in [6.07, 6.45) is 0.994. The van der Waals surface area contributed by atoms with Crippen LogP contribution < -0.4 is 14.4 Å². The molecule has 0 aliphatic heterocycles. The van der Waals surface area contributed by atoms with E-state index >= 15 is 0 Å². The molecule has 2 aromatic carbocycles. The molecule has 0 spiro atoms. The van der Waals surface area contributed by atoms with Gasteiger partial charge in [-0.3, -0.25) is 0 Å². The Kier molecular flexibility index (Phi) is 6.47. The van der Waals surface area contributed by atoms with E-state index in [-0.39, 0.29) is 0 Å². The minimum atomic E-state index is 0.634. The quantitative estimate of drug-likeness (QED) is 0.432. The molecule has 4 nitrogen and oxygen atoms in total. The van der Waals surface area contributed by atoms with Crippen LogP contribution in [0.15, 0.2) is 36.4 Å². The van der Waals surface area contributed by atoms with E-state index in [0.717, 1.165) is 51.4 Å². The maximum absolute atomic E-state index is 6.50. The van der Waals surface area contributed by atoms with Crippen LogP contribution in [0.25, 0.3) is 11.3 Å². The second-order valence-corrected chi connectivity index (χ2v) is 8.16. The lowest BCUT2D eigenvalue weighted by Crippen LogP contribution is -2.18. The van der Waals surface area contributed by atoms with Crippen molar-refractivity contribution in [2.24, 2.45) is 0 Å². The molecule has 0 saturated carbocycles. The van der Waals surface area contributed by atoms with Gasteiger partial charge in [-0.15, -0.1) is 11.3 Å². The Morgan fingerprint density at radius 1 is 1.07 bits per heavy atom. The lowest BCUT2D eigenvalue weighted by molar-refractivity contribution is 0.415. The van der Waals surface area contributed by atoms with Crippen molar-refractivity contribution in [1.29, 1.82) is 0 Å². The third kappa shape index (κ3) is 4.10. The number of aromatic nitrogens is 1. The van der Waals surface area contributed by atoms with Crippen LogP contribution >= 0.6 is 22.9 Å². The highest BCUT2D eigenvalue weighted by Gasteiger charge is 2.20. The van der Waals surface area contributed by atoms with E-state index in [4.69, 9.17) is 26.1 Å². The predicted octanol–water partition coefficient (Wildman–Crippen LogP) is 6.65. The summed E-state index contributed by atoms with van der Waals surface area (Å²) in [6, 6.07) is 11.9. The lowest BCUT2D eigenvalue weighted by Gasteiger charge is -2.24. The smallest absolute Gasteiger partial charge is 0.190 e. The van der Waals surface area contributed by atoms with Crippen LogP contribution in [0.2, 0.25) is 5.02 Å². The van der Waals surface area contributed by atoms with E-state index in [1.165, 1.54) is 5.56 Å². The molecule has 148 valence electrons. The second kappa shape index (κ2) is 8.84. The molecule has 1 aromatic heterocycles. The third-order valence-corrected chi connectivity index (χ3v) is 5.83. The van der Waals surface area contributed by atoms with E-state index in [2.05, 4.69) is 37.8 Å². The van der Waals surface area contributed by atoms with Gasteiger partial charge < -0.3 is 14.4 Å². The molecule has 0 bridgehead atoms. The number of benzene rings is 2. The Morgan fingerprint density at radius 2 is 1.86 bits per heavy atom. The monoisotopic (exact) mass is 416 g/mol. The van der Waals surface area contributed by atoms with Crippen molar-refractivity contribution in [2.75, 3.05) is 25.7 Å². The van der Waals surface area contributed by atoms with Gasteiger partial charge in [-0.1, -0.05) is 24.6 Å². The molecule has 0 atom stereocenters. The summed E-state index contributed by atoms with van der Waals surface area (Å²) in [5.74, 6) is 1.58. The molecule has 0 aliphatic rings. The van der Waals surface area contributed by atoms with Crippen LogP contribution in [0.5, 0.6) is 11.5 Å². The van der Waals surface area contributed by atoms with E-state index in [1.807, 2.05) is 24.3 Å². The first kappa shape index (κ1) is 20.5. The molecule has 0 radical (unpaired) electrons. The average molecular weight is 417 g/mol. The zero-order valence-electron chi connectivity index (χ0n) is 16.9. The van der Waals surface area contributed by atoms with Crippen molar-refractivity contribution in [3.63, 3.8) is 0 Å². The van der Waals surface area contributed by atoms with Crippen LogP contribution in [0.1, 0.15) is 23.8 Å². The number of halogens is 1. The number of aryl methyl sites for hydroxylation is 2. The minimum absolute atomic E-state index is 0.634. The molecular formula is C22H25ClN2O2S. The van der Waals surface area contributed by atoms with Crippen molar-refractivity contribution in [3.8, 4) is 22.8 Å². The van der Waals surface area contributed by atoms with Gasteiger partial charge in [-0.2, -0.15) is 0 Å². The molecule has 0 aliphatic carbocycles. The topological polar surface area (TPSA) is 34.6 Å². The van der Waals surface area contributed by atoms with Gasteiger partial charge in [-0.05, 0) is 56.2 Å². The Morgan fingerprint density at radius 3 is 2.50 bits per heavy atom. The number of ether oxygens (including phenoxy) is 2. The zero-order valence-corrected chi connectivity index (χ0v) is 18.4. The van der Waals surface area contributed by atoms with Crippen LogP contribution in [0.4, 0.5) is 10.8 Å². The molecule has 3 rings (SSSR count). The molecule has 1 heterocycles. The van der Waals surface area contributed by atoms with Crippen molar-refractivity contribution in [1.82, 2.24) is 4.98 Å². The van der Waals surface area contributed by atoms with E-state index in [0.29, 0.717) is 5.02 Å². The fourth-order valence-electron chi connectivity index (χ4n) is 3.12. The summed E-state index contributed by atoms with van der Waals surface area (Å²) in [7, 11) is 3.34. The van der Waals surface area contributed by atoms with Gasteiger partial charge in [0.15, 0.2) is 5.13 Å². The highest BCUT2D eigenvalue weighted by atomic mass is 35.5. The molecule has 0 amide bonds. The molecule has 0 unspecified atom stereocenters. The Bertz CT molecular complexity index is 971. The summed E-state index contributed by atoms with van der Waals surface area (Å²) in [5, 5.41) is 1.57. The maximum atomic E-state index is 6.50. The fraction of sp³-hybridized carbons (Fsp3) is 0.318. The number of hydrogen-bond donors (Lipinski definition) is 0. The highest BCUT2D eigenvalue weighted by Crippen LogP contribution is 2.41. The van der Waals surface area contributed by atoms with Crippen LogP contribution in [0, 0.1) is 13.8 Å². The lowest BCUT2D eigenvalue weighted by atomic mass is 10.1. The van der Waals surface area contributed by atoms with Crippen molar-refractivity contribution >= 4 is 33.8 Å². The van der Waals surface area contributed by atoms with Crippen molar-refractivity contribution < 1.29 is 9.47 Å². The van der Waals surface area contributed by atoms with E-state index < -0.39 is 0 Å². The Balaban J connectivity index is 2.07. The number of nitrogens with zero attached hydrogens (tertiary/aromatic N) is 2. The molecule has 6 heteroatoms. The fourth-order valence-corrected chi connectivity index (χ4v) is 4.34. The molecule has 0 N–H and O–H groups in total.